The maximum Gasteiger partial charge on any atom is 0.202 e. The van der Waals surface area contributed by atoms with Crippen LogP contribution in [0.3, 0.4) is 0 Å². The number of aryl methyl sites for hydroxylation is 2. The molecule has 0 amide bonds. The van der Waals surface area contributed by atoms with Gasteiger partial charge in [-0.15, -0.1) is 0 Å². The molecule has 0 aliphatic rings. The summed E-state index contributed by atoms with van der Waals surface area (Å²) in [7, 11) is 0. The minimum Gasteiger partial charge on any atom is -0.453 e. The molecule has 0 saturated heterocycles. The van der Waals surface area contributed by atoms with Gasteiger partial charge in [0.1, 0.15) is 5.58 Å². The van der Waals surface area contributed by atoms with Gasteiger partial charge in [-0.25, -0.2) is 0 Å². The van der Waals surface area contributed by atoms with E-state index in [-0.39, 0.29) is 5.78 Å². The molecule has 0 spiro atoms. The van der Waals surface area contributed by atoms with E-state index in [4.69, 9.17) is 4.42 Å². The first-order valence-corrected chi connectivity index (χ1v) is 6.71. The van der Waals surface area contributed by atoms with Crippen molar-refractivity contribution in [2.75, 3.05) is 0 Å². The van der Waals surface area contributed by atoms with Crippen molar-refractivity contribution in [3.05, 3.63) is 71.0 Å². The summed E-state index contributed by atoms with van der Waals surface area (Å²) in [5.74, 6) is 0.460. The van der Waals surface area contributed by atoms with Gasteiger partial charge in [0, 0.05) is 11.8 Å². The van der Waals surface area contributed by atoms with Crippen LogP contribution in [0.2, 0.25) is 0 Å². The van der Waals surface area contributed by atoms with Crippen molar-refractivity contribution in [1.29, 1.82) is 0 Å². The van der Waals surface area contributed by atoms with Gasteiger partial charge in [0.15, 0.2) is 5.76 Å². The summed E-state index contributed by atoms with van der Waals surface area (Å²) in [6.45, 7) is 4.05. The molecule has 3 rings (SSSR count). The fraction of sp³-hybridized carbons (Fsp3) is 0.167. The molecule has 0 fully saturated rings. The Bertz CT molecular complexity index is 781. The third-order valence-corrected chi connectivity index (χ3v) is 3.56. The van der Waals surface area contributed by atoms with Crippen LogP contribution in [0.15, 0.2) is 52.9 Å². The third-order valence-electron chi connectivity index (χ3n) is 3.56. The molecule has 1 aromatic heterocycles. The lowest BCUT2D eigenvalue weighted by molar-refractivity contribution is 0.0968. The second-order valence-corrected chi connectivity index (χ2v) is 5.18. The van der Waals surface area contributed by atoms with Crippen LogP contribution in [0.5, 0.6) is 0 Å². The van der Waals surface area contributed by atoms with Gasteiger partial charge >= 0.3 is 0 Å². The minimum absolute atomic E-state index is 0.0214. The Kier molecular flexibility index (Phi) is 3.15. The second-order valence-electron chi connectivity index (χ2n) is 5.18. The fourth-order valence-corrected chi connectivity index (χ4v) is 2.37. The number of carbonyl (C=O) groups excluding carboxylic acids is 1. The van der Waals surface area contributed by atoms with E-state index >= 15 is 0 Å². The average molecular weight is 264 g/mol. The van der Waals surface area contributed by atoms with Crippen LogP contribution >= 0.6 is 0 Å². The standard InChI is InChI=1S/C18H16O2/c1-12-7-8-17-15(9-12)11-18(20-17)16(19)10-14-6-4-3-5-13(14)2/h3-9,11H,10H2,1-2H3. The number of rotatable bonds is 3. The zero-order chi connectivity index (χ0) is 14.1. The van der Waals surface area contributed by atoms with Crippen molar-refractivity contribution in [2.24, 2.45) is 0 Å². The van der Waals surface area contributed by atoms with Gasteiger partial charge in [-0.1, -0.05) is 35.9 Å². The van der Waals surface area contributed by atoms with E-state index in [2.05, 4.69) is 0 Å². The molecule has 1 heterocycles. The molecule has 0 N–H and O–H groups in total. The third kappa shape index (κ3) is 2.37. The number of furan rings is 1. The Morgan fingerprint density at radius 3 is 2.65 bits per heavy atom. The zero-order valence-corrected chi connectivity index (χ0v) is 11.6. The Balaban J connectivity index is 1.91. The predicted molar refractivity (Wildman–Crippen MR) is 80.2 cm³/mol. The number of hydrogen-bond donors (Lipinski definition) is 0. The zero-order valence-electron chi connectivity index (χ0n) is 11.6. The van der Waals surface area contributed by atoms with Crippen molar-refractivity contribution in [1.82, 2.24) is 0 Å². The summed E-state index contributed by atoms with van der Waals surface area (Å²) in [6.07, 6.45) is 0.380. The highest BCUT2D eigenvalue weighted by Gasteiger charge is 2.13. The van der Waals surface area contributed by atoms with Crippen LogP contribution in [-0.4, -0.2) is 5.78 Å². The van der Waals surface area contributed by atoms with Crippen LogP contribution in [0.4, 0.5) is 0 Å². The number of hydrogen-bond acceptors (Lipinski definition) is 2. The summed E-state index contributed by atoms with van der Waals surface area (Å²) in [4.78, 5) is 12.3. The van der Waals surface area contributed by atoms with Crippen molar-refractivity contribution < 1.29 is 9.21 Å². The molecular formula is C18H16O2. The molecule has 100 valence electrons. The van der Waals surface area contributed by atoms with E-state index in [0.29, 0.717) is 12.2 Å². The molecule has 2 nitrogen and oxygen atoms in total. The summed E-state index contributed by atoms with van der Waals surface area (Å²) < 4.78 is 5.65. The largest absolute Gasteiger partial charge is 0.453 e. The normalized spacial score (nSPS) is 10.9. The van der Waals surface area contributed by atoms with Gasteiger partial charge in [0.05, 0.1) is 0 Å². The fourth-order valence-electron chi connectivity index (χ4n) is 2.37. The quantitative estimate of drug-likeness (QED) is 0.653. The summed E-state index contributed by atoms with van der Waals surface area (Å²) in [5.41, 5.74) is 4.11. The maximum atomic E-state index is 12.3. The lowest BCUT2D eigenvalue weighted by Gasteiger charge is -2.02. The number of carbonyl (C=O) groups is 1. The molecule has 2 aromatic carbocycles. The number of ketones is 1. The molecule has 0 radical (unpaired) electrons. The van der Waals surface area contributed by atoms with Crippen molar-refractivity contribution in [3.63, 3.8) is 0 Å². The number of benzene rings is 2. The summed E-state index contributed by atoms with van der Waals surface area (Å²) >= 11 is 0. The van der Waals surface area contributed by atoms with Gasteiger partial charge in [0.25, 0.3) is 0 Å². The Hall–Kier alpha value is -2.35. The van der Waals surface area contributed by atoms with E-state index in [1.165, 1.54) is 0 Å². The SMILES string of the molecule is Cc1ccc2oc(C(=O)Cc3ccccc3C)cc2c1. The first-order valence-electron chi connectivity index (χ1n) is 6.71. The highest BCUT2D eigenvalue weighted by atomic mass is 16.3. The Morgan fingerprint density at radius 1 is 1.05 bits per heavy atom. The molecule has 20 heavy (non-hydrogen) atoms. The van der Waals surface area contributed by atoms with Crippen LogP contribution in [-0.2, 0) is 6.42 Å². The predicted octanol–water partition coefficient (Wildman–Crippen LogP) is 4.48. The van der Waals surface area contributed by atoms with E-state index in [1.54, 1.807) is 0 Å². The van der Waals surface area contributed by atoms with Gasteiger partial charge in [-0.2, -0.15) is 0 Å². The lowest BCUT2D eigenvalue weighted by atomic mass is 10.0. The van der Waals surface area contributed by atoms with Crippen LogP contribution < -0.4 is 0 Å². The van der Waals surface area contributed by atoms with Crippen LogP contribution in [0.1, 0.15) is 27.2 Å². The highest BCUT2D eigenvalue weighted by molar-refractivity contribution is 5.98. The molecule has 0 saturated carbocycles. The Labute approximate surface area is 118 Å². The van der Waals surface area contributed by atoms with E-state index in [0.717, 1.165) is 27.7 Å². The lowest BCUT2D eigenvalue weighted by Crippen LogP contribution is -2.03. The molecule has 0 aliphatic carbocycles. The average Bonchev–Trinajstić information content (AvgIpc) is 2.84. The van der Waals surface area contributed by atoms with E-state index < -0.39 is 0 Å². The highest BCUT2D eigenvalue weighted by Crippen LogP contribution is 2.22. The van der Waals surface area contributed by atoms with Crippen LogP contribution in [0.25, 0.3) is 11.0 Å². The summed E-state index contributed by atoms with van der Waals surface area (Å²) in [5, 5.41) is 0.984. The monoisotopic (exact) mass is 264 g/mol. The molecule has 0 unspecified atom stereocenters. The van der Waals surface area contributed by atoms with Gasteiger partial charge in [-0.05, 0) is 43.2 Å². The van der Waals surface area contributed by atoms with Crippen molar-refractivity contribution in [2.45, 2.75) is 20.3 Å². The van der Waals surface area contributed by atoms with Gasteiger partial charge in [0.2, 0.25) is 5.78 Å². The van der Waals surface area contributed by atoms with Crippen LogP contribution in [0, 0.1) is 13.8 Å². The molecule has 0 bridgehead atoms. The molecule has 2 heteroatoms. The molecular weight excluding hydrogens is 248 g/mol. The number of fused-ring (bicyclic) bond motifs is 1. The molecule has 3 aromatic rings. The number of Topliss-reactive ketones (excluding diaryl/α,β-unsaturated/α-hetero) is 1. The van der Waals surface area contributed by atoms with Gasteiger partial charge in [-0.3, -0.25) is 4.79 Å². The van der Waals surface area contributed by atoms with E-state index in [1.807, 2.05) is 62.4 Å². The molecule has 0 aliphatic heterocycles. The smallest absolute Gasteiger partial charge is 0.202 e. The second kappa shape index (κ2) is 4.97. The first-order chi connectivity index (χ1) is 9.63. The summed E-state index contributed by atoms with van der Waals surface area (Å²) in [6, 6.07) is 15.7. The van der Waals surface area contributed by atoms with Crippen molar-refractivity contribution in [3.8, 4) is 0 Å². The minimum atomic E-state index is 0.0214. The van der Waals surface area contributed by atoms with E-state index in [9.17, 15) is 4.79 Å². The topological polar surface area (TPSA) is 30.2 Å². The van der Waals surface area contributed by atoms with Crippen molar-refractivity contribution >= 4 is 16.8 Å². The maximum absolute atomic E-state index is 12.3. The van der Waals surface area contributed by atoms with Gasteiger partial charge < -0.3 is 4.42 Å². The molecule has 0 atom stereocenters. The Morgan fingerprint density at radius 2 is 1.85 bits per heavy atom. The first kappa shape index (κ1) is 12.7.